The number of ether oxygens (including phenoxy) is 2. The smallest absolute Gasteiger partial charge is 0.254 e. The van der Waals surface area contributed by atoms with Crippen LogP contribution in [-0.2, 0) is 4.79 Å². The van der Waals surface area contributed by atoms with Crippen LogP contribution in [0.2, 0.25) is 0 Å². The van der Waals surface area contributed by atoms with Gasteiger partial charge in [0.25, 0.3) is 5.91 Å². The summed E-state index contributed by atoms with van der Waals surface area (Å²) in [5.41, 5.74) is 3.01. The monoisotopic (exact) mass is 503 g/mol. The van der Waals surface area contributed by atoms with E-state index in [4.69, 9.17) is 9.47 Å². The van der Waals surface area contributed by atoms with E-state index in [1.165, 1.54) is 12.1 Å². The van der Waals surface area contributed by atoms with Gasteiger partial charge in [-0.3, -0.25) is 9.59 Å². The molecule has 0 aliphatic carbocycles. The third kappa shape index (κ3) is 4.48. The van der Waals surface area contributed by atoms with Crippen LogP contribution in [0.5, 0.6) is 11.5 Å². The van der Waals surface area contributed by atoms with Crippen molar-refractivity contribution in [1.29, 1.82) is 0 Å². The number of methoxy groups -OCH3 is 2. The molecule has 0 unspecified atom stereocenters. The molecule has 0 saturated carbocycles. The summed E-state index contributed by atoms with van der Waals surface area (Å²) in [6.45, 7) is 2.35. The van der Waals surface area contributed by atoms with Crippen molar-refractivity contribution < 1.29 is 23.5 Å². The van der Waals surface area contributed by atoms with E-state index in [-0.39, 0.29) is 17.6 Å². The number of carbonyl (C=O) groups excluding carboxylic acids is 2. The number of hydrogen-bond donors (Lipinski definition) is 0. The lowest BCUT2D eigenvalue weighted by atomic mass is 9.79. The van der Waals surface area contributed by atoms with Crippen LogP contribution in [0, 0.1) is 5.82 Å². The Morgan fingerprint density at radius 1 is 0.892 bits per heavy atom. The van der Waals surface area contributed by atoms with Gasteiger partial charge in [0, 0.05) is 44.5 Å². The number of fused-ring (bicyclic) bond motifs is 1. The van der Waals surface area contributed by atoms with E-state index in [2.05, 4.69) is 4.90 Å². The maximum Gasteiger partial charge on any atom is 0.254 e. The van der Waals surface area contributed by atoms with Crippen molar-refractivity contribution in [2.24, 2.45) is 0 Å². The second-order valence-electron chi connectivity index (χ2n) is 9.33. The predicted octanol–water partition coefficient (Wildman–Crippen LogP) is 4.10. The summed E-state index contributed by atoms with van der Waals surface area (Å²) in [5, 5.41) is 0. The van der Waals surface area contributed by atoms with E-state index in [9.17, 15) is 14.0 Å². The average Bonchev–Trinajstić information content (AvgIpc) is 2.94. The molecule has 1 fully saturated rings. The van der Waals surface area contributed by atoms with Crippen LogP contribution in [0.15, 0.2) is 66.7 Å². The molecule has 2 heterocycles. The van der Waals surface area contributed by atoms with Crippen molar-refractivity contribution in [3.63, 3.8) is 0 Å². The fraction of sp³-hybridized carbons (Fsp3) is 0.310. The van der Waals surface area contributed by atoms with Gasteiger partial charge in [0.1, 0.15) is 5.82 Å². The topological polar surface area (TPSA) is 62.3 Å². The van der Waals surface area contributed by atoms with Crippen LogP contribution < -0.4 is 14.4 Å². The SMILES string of the molecule is COc1ccc([C@@H]2[C@H](C(=O)N3CCN(c4ccc(F)cc4)CC3)c3ccccc3C(=O)N2C)cc1OC. The summed E-state index contributed by atoms with van der Waals surface area (Å²) in [5.74, 6) is 0.128. The van der Waals surface area contributed by atoms with Crippen LogP contribution in [0.1, 0.15) is 33.4 Å². The quantitative estimate of drug-likeness (QED) is 0.525. The van der Waals surface area contributed by atoms with Gasteiger partial charge in [-0.1, -0.05) is 24.3 Å². The summed E-state index contributed by atoms with van der Waals surface area (Å²) in [7, 11) is 4.88. The third-order valence-corrected chi connectivity index (χ3v) is 7.38. The Balaban J connectivity index is 1.48. The van der Waals surface area contributed by atoms with Gasteiger partial charge in [-0.15, -0.1) is 0 Å². The van der Waals surface area contributed by atoms with Crippen LogP contribution in [0.25, 0.3) is 0 Å². The highest BCUT2D eigenvalue weighted by molar-refractivity contribution is 6.01. The lowest BCUT2D eigenvalue weighted by Gasteiger charge is -2.43. The molecule has 5 rings (SSSR count). The second kappa shape index (κ2) is 10.1. The Morgan fingerprint density at radius 3 is 2.24 bits per heavy atom. The second-order valence-corrected chi connectivity index (χ2v) is 9.33. The molecule has 0 aromatic heterocycles. The lowest BCUT2D eigenvalue weighted by molar-refractivity contribution is -0.134. The number of hydrogen-bond acceptors (Lipinski definition) is 5. The van der Waals surface area contributed by atoms with E-state index < -0.39 is 12.0 Å². The van der Waals surface area contributed by atoms with Gasteiger partial charge in [-0.05, 0) is 53.6 Å². The summed E-state index contributed by atoms with van der Waals surface area (Å²) in [6.07, 6.45) is 0. The van der Waals surface area contributed by atoms with Crippen molar-refractivity contribution in [2.75, 3.05) is 52.3 Å². The Morgan fingerprint density at radius 2 is 1.57 bits per heavy atom. The zero-order valence-corrected chi connectivity index (χ0v) is 21.2. The van der Waals surface area contributed by atoms with Gasteiger partial charge in [0.15, 0.2) is 11.5 Å². The fourth-order valence-electron chi connectivity index (χ4n) is 5.43. The Kier molecular flexibility index (Phi) is 6.74. The predicted molar refractivity (Wildman–Crippen MR) is 139 cm³/mol. The minimum atomic E-state index is -0.575. The van der Waals surface area contributed by atoms with Gasteiger partial charge >= 0.3 is 0 Å². The molecule has 37 heavy (non-hydrogen) atoms. The van der Waals surface area contributed by atoms with Crippen LogP contribution in [0.4, 0.5) is 10.1 Å². The number of rotatable bonds is 5. The minimum absolute atomic E-state index is 0.0228. The zero-order valence-electron chi connectivity index (χ0n) is 21.2. The summed E-state index contributed by atoms with van der Waals surface area (Å²) < 4.78 is 24.3. The Bertz CT molecular complexity index is 1300. The van der Waals surface area contributed by atoms with Gasteiger partial charge in [0.05, 0.1) is 26.2 Å². The molecule has 2 aliphatic rings. The highest BCUT2D eigenvalue weighted by atomic mass is 19.1. The van der Waals surface area contributed by atoms with Gasteiger partial charge < -0.3 is 24.2 Å². The summed E-state index contributed by atoms with van der Waals surface area (Å²) >= 11 is 0. The Labute approximate surface area is 216 Å². The Hall–Kier alpha value is -4.07. The van der Waals surface area contributed by atoms with E-state index in [0.29, 0.717) is 43.2 Å². The molecule has 7 nitrogen and oxygen atoms in total. The maximum atomic E-state index is 14.2. The molecule has 0 bridgehead atoms. The van der Waals surface area contributed by atoms with Gasteiger partial charge in [0.2, 0.25) is 5.91 Å². The fourth-order valence-corrected chi connectivity index (χ4v) is 5.43. The number of benzene rings is 3. The van der Waals surface area contributed by atoms with Crippen molar-refractivity contribution in [3.05, 3.63) is 89.2 Å². The largest absolute Gasteiger partial charge is 0.493 e. The average molecular weight is 504 g/mol. The van der Waals surface area contributed by atoms with Crippen molar-refractivity contribution in [1.82, 2.24) is 9.80 Å². The first-order chi connectivity index (χ1) is 17.9. The zero-order chi connectivity index (χ0) is 26.1. The lowest BCUT2D eigenvalue weighted by Crippen LogP contribution is -2.53. The van der Waals surface area contributed by atoms with E-state index >= 15 is 0 Å². The molecular weight excluding hydrogens is 473 g/mol. The molecule has 8 heteroatoms. The first kappa shape index (κ1) is 24.6. The normalized spacial score (nSPS) is 19.5. The molecule has 2 amide bonds. The number of carbonyl (C=O) groups is 2. The first-order valence-electron chi connectivity index (χ1n) is 12.3. The van der Waals surface area contributed by atoms with Crippen LogP contribution in [-0.4, -0.2) is 69.1 Å². The molecule has 3 aromatic carbocycles. The van der Waals surface area contributed by atoms with Crippen molar-refractivity contribution >= 4 is 17.5 Å². The van der Waals surface area contributed by atoms with Crippen molar-refractivity contribution in [3.8, 4) is 11.5 Å². The number of anilines is 1. The molecule has 0 spiro atoms. The van der Waals surface area contributed by atoms with Gasteiger partial charge in [-0.25, -0.2) is 4.39 Å². The summed E-state index contributed by atoms with van der Waals surface area (Å²) in [6, 6.07) is 18.8. The molecule has 3 aromatic rings. The van der Waals surface area contributed by atoms with E-state index in [0.717, 1.165) is 16.8 Å². The number of nitrogens with zero attached hydrogens (tertiary/aromatic N) is 3. The highest BCUT2D eigenvalue weighted by Crippen LogP contribution is 2.44. The standard InChI is InChI=1S/C29H30FN3O4/c1-31-27(19-8-13-24(36-2)25(18-19)37-3)26(22-6-4-5-7-23(22)28(31)34)29(35)33-16-14-32(15-17-33)21-11-9-20(30)10-12-21/h4-13,18,26-27H,14-17H2,1-3H3/t26-,27-/m1/s1. The van der Waals surface area contributed by atoms with E-state index in [1.807, 2.05) is 35.2 Å². The molecule has 0 radical (unpaired) electrons. The van der Waals surface area contributed by atoms with Gasteiger partial charge in [-0.2, -0.15) is 0 Å². The summed E-state index contributed by atoms with van der Waals surface area (Å²) in [4.78, 5) is 33.2. The van der Waals surface area contributed by atoms with Crippen LogP contribution >= 0.6 is 0 Å². The molecule has 2 atom stereocenters. The molecule has 1 saturated heterocycles. The van der Waals surface area contributed by atoms with E-state index in [1.54, 1.807) is 50.4 Å². The highest BCUT2D eigenvalue weighted by Gasteiger charge is 2.44. The number of likely N-dealkylation sites (N-methyl/N-ethyl adjacent to an activating group) is 1. The third-order valence-electron chi connectivity index (χ3n) is 7.38. The molecular formula is C29H30FN3O4. The van der Waals surface area contributed by atoms with Crippen LogP contribution in [0.3, 0.4) is 0 Å². The maximum absolute atomic E-state index is 14.2. The molecule has 192 valence electrons. The first-order valence-corrected chi connectivity index (χ1v) is 12.3. The number of halogens is 1. The van der Waals surface area contributed by atoms with Crippen molar-refractivity contribution in [2.45, 2.75) is 12.0 Å². The minimum Gasteiger partial charge on any atom is -0.493 e. The molecule has 2 aliphatic heterocycles. The molecule has 0 N–H and O–H groups in total. The number of amides is 2. The number of piperazine rings is 1.